The van der Waals surface area contributed by atoms with E-state index in [1.165, 1.54) is 5.39 Å². The third-order valence-corrected chi connectivity index (χ3v) is 3.18. The number of aliphatic hydroxyl groups is 1. The summed E-state index contributed by atoms with van der Waals surface area (Å²) in [6.07, 6.45) is 1.54. The van der Waals surface area contributed by atoms with Crippen LogP contribution in [0, 0.1) is 0 Å². The number of hydrogen-bond donors (Lipinski definition) is 1. The van der Waals surface area contributed by atoms with Gasteiger partial charge in [-0.25, -0.2) is 0 Å². The summed E-state index contributed by atoms with van der Waals surface area (Å²) in [4.78, 5) is 0. The normalized spacial score (nSPS) is 13.7. The molecule has 1 unspecified atom stereocenters. The van der Waals surface area contributed by atoms with Gasteiger partial charge in [0.05, 0.1) is 13.2 Å². The lowest BCUT2D eigenvalue weighted by Crippen LogP contribution is -2.01. The lowest BCUT2D eigenvalue weighted by Gasteiger charge is -2.11. The molecule has 18 heavy (non-hydrogen) atoms. The summed E-state index contributed by atoms with van der Waals surface area (Å²) >= 11 is 0. The molecule has 0 aromatic heterocycles. The molecule has 0 bridgehead atoms. The van der Waals surface area contributed by atoms with E-state index in [0.717, 1.165) is 22.3 Å². The van der Waals surface area contributed by atoms with Crippen LogP contribution in [0.2, 0.25) is 0 Å². The standard InChI is InChI=1S/C16H18O2/c1-11(12(2)17)10-15-14-7-5-4-6-13(14)8-9-16(15)18-3/h4-10,12,17H,1-3H3/b11-10-. The first kappa shape index (κ1) is 12.7. The second kappa shape index (κ2) is 5.23. The van der Waals surface area contributed by atoms with Crippen LogP contribution < -0.4 is 4.74 Å². The number of fused-ring (bicyclic) bond motifs is 1. The van der Waals surface area contributed by atoms with Crippen molar-refractivity contribution >= 4 is 16.8 Å². The van der Waals surface area contributed by atoms with Crippen molar-refractivity contribution in [1.82, 2.24) is 0 Å². The maximum atomic E-state index is 9.61. The predicted octanol–water partition coefficient (Wildman–Crippen LogP) is 3.63. The fourth-order valence-corrected chi connectivity index (χ4v) is 1.95. The lowest BCUT2D eigenvalue weighted by atomic mass is 10.0. The summed E-state index contributed by atoms with van der Waals surface area (Å²) in [5.74, 6) is 0.828. The fraction of sp³-hybridized carbons (Fsp3) is 0.250. The largest absolute Gasteiger partial charge is 0.496 e. The Hall–Kier alpha value is -1.80. The van der Waals surface area contributed by atoms with Gasteiger partial charge in [-0.2, -0.15) is 0 Å². The molecule has 2 rings (SSSR count). The number of aliphatic hydroxyl groups excluding tert-OH is 1. The van der Waals surface area contributed by atoms with Gasteiger partial charge in [0.1, 0.15) is 5.75 Å². The van der Waals surface area contributed by atoms with Crippen molar-refractivity contribution in [2.75, 3.05) is 7.11 Å². The Labute approximate surface area is 108 Å². The smallest absolute Gasteiger partial charge is 0.126 e. The Morgan fingerprint density at radius 2 is 1.94 bits per heavy atom. The molecule has 2 aromatic carbocycles. The van der Waals surface area contributed by atoms with Gasteiger partial charge < -0.3 is 9.84 Å². The van der Waals surface area contributed by atoms with Crippen molar-refractivity contribution in [2.24, 2.45) is 0 Å². The van der Waals surface area contributed by atoms with E-state index in [1.54, 1.807) is 14.0 Å². The summed E-state index contributed by atoms with van der Waals surface area (Å²) in [5.41, 5.74) is 1.94. The van der Waals surface area contributed by atoms with Crippen LogP contribution in [0.4, 0.5) is 0 Å². The molecule has 0 aliphatic carbocycles. The molecule has 1 N–H and O–H groups in total. The molecular weight excluding hydrogens is 224 g/mol. The zero-order chi connectivity index (χ0) is 13.1. The van der Waals surface area contributed by atoms with Gasteiger partial charge in [-0.3, -0.25) is 0 Å². The van der Waals surface area contributed by atoms with Crippen molar-refractivity contribution in [2.45, 2.75) is 20.0 Å². The molecule has 0 amide bonds. The van der Waals surface area contributed by atoms with E-state index in [2.05, 4.69) is 12.1 Å². The molecule has 1 atom stereocenters. The summed E-state index contributed by atoms with van der Waals surface area (Å²) in [6, 6.07) is 12.2. The zero-order valence-corrected chi connectivity index (χ0v) is 11.0. The minimum atomic E-state index is -0.450. The maximum absolute atomic E-state index is 9.61. The van der Waals surface area contributed by atoms with Gasteiger partial charge in [0, 0.05) is 5.56 Å². The van der Waals surface area contributed by atoms with E-state index in [9.17, 15) is 5.11 Å². The number of benzene rings is 2. The number of hydrogen-bond acceptors (Lipinski definition) is 2. The van der Waals surface area contributed by atoms with Gasteiger partial charge in [0.2, 0.25) is 0 Å². The first-order valence-corrected chi connectivity index (χ1v) is 6.05. The minimum Gasteiger partial charge on any atom is -0.496 e. The third kappa shape index (κ3) is 2.39. The van der Waals surface area contributed by atoms with Crippen molar-refractivity contribution in [3.05, 3.63) is 47.5 Å². The summed E-state index contributed by atoms with van der Waals surface area (Å²) in [7, 11) is 1.67. The van der Waals surface area contributed by atoms with Gasteiger partial charge in [-0.1, -0.05) is 30.3 Å². The fourth-order valence-electron chi connectivity index (χ4n) is 1.95. The third-order valence-electron chi connectivity index (χ3n) is 3.18. The molecule has 0 saturated carbocycles. The molecule has 2 heteroatoms. The van der Waals surface area contributed by atoms with E-state index in [1.807, 2.05) is 37.3 Å². The SMILES string of the molecule is COc1ccc2ccccc2c1/C=C(/C)C(C)O. The first-order valence-electron chi connectivity index (χ1n) is 6.05. The topological polar surface area (TPSA) is 29.5 Å². The van der Waals surface area contributed by atoms with Crippen LogP contribution in [-0.2, 0) is 0 Å². The van der Waals surface area contributed by atoms with E-state index in [0.29, 0.717) is 0 Å². The number of ether oxygens (including phenoxy) is 1. The maximum Gasteiger partial charge on any atom is 0.126 e. The highest BCUT2D eigenvalue weighted by Crippen LogP contribution is 2.30. The average molecular weight is 242 g/mol. The Kier molecular flexibility index (Phi) is 3.68. The van der Waals surface area contributed by atoms with Gasteiger partial charge in [0.25, 0.3) is 0 Å². The average Bonchev–Trinajstić information content (AvgIpc) is 2.39. The van der Waals surface area contributed by atoms with Crippen LogP contribution in [0.1, 0.15) is 19.4 Å². The van der Waals surface area contributed by atoms with Crippen molar-refractivity contribution in [3.8, 4) is 5.75 Å². The molecule has 2 aromatic rings. The van der Waals surface area contributed by atoms with Gasteiger partial charge in [-0.05, 0) is 42.3 Å². The quantitative estimate of drug-likeness (QED) is 0.890. The van der Waals surface area contributed by atoms with Crippen molar-refractivity contribution < 1.29 is 9.84 Å². The molecular formula is C16H18O2. The summed E-state index contributed by atoms with van der Waals surface area (Å²) < 4.78 is 5.41. The van der Waals surface area contributed by atoms with Crippen molar-refractivity contribution in [1.29, 1.82) is 0 Å². The number of rotatable bonds is 3. The Morgan fingerprint density at radius 1 is 1.22 bits per heavy atom. The molecule has 0 aliphatic heterocycles. The Morgan fingerprint density at radius 3 is 2.61 bits per heavy atom. The van der Waals surface area contributed by atoms with Crippen LogP contribution in [0.5, 0.6) is 5.75 Å². The van der Waals surface area contributed by atoms with E-state index < -0.39 is 6.10 Å². The molecule has 0 spiro atoms. The summed E-state index contributed by atoms with van der Waals surface area (Å²) in [5, 5.41) is 11.9. The van der Waals surface area contributed by atoms with Crippen LogP contribution in [-0.4, -0.2) is 18.3 Å². The van der Waals surface area contributed by atoms with Crippen LogP contribution in [0.15, 0.2) is 42.0 Å². The van der Waals surface area contributed by atoms with E-state index in [4.69, 9.17) is 4.74 Å². The molecule has 0 fully saturated rings. The number of methoxy groups -OCH3 is 1. The van der Waals surface area contributed by atoms with Crippen LogP contribution >= 0.6 is 0 Å². The predicted molar refractivity (Wildman–Crippen MR) is 75.8 cm³/mol. The highest BCUT2D eigenvalue weighted by molar-refractivity contribution is 5.93. The first-order chi connectivity index (χ1) is 8.63. The molecule has 2 nitrogen and oxygen atoms in total. The molecule has 0 radical (unpaired) electrons. The van der Waals surface area contributed by atoms with E-state index >= 15 is 0 Å². The Balaban J connectivity index is 2.69. The van der Waals surface area contributed by atoms with Crippen LogP contribution in [0.3, 0.4) is 0 Å². The van der Waals surface area contributed by atoms with Crippen LogP contribution in [0.25, 0.3) is 16.8 Å². The van der Waals surface area contributed by atoms with Gasteiger partial charge in [0.15, 0.2) is 0 Å². The highest BCUT2D eigenvalue weighted by atomic mass is 16.5. The van der Waals surface area contributed by atoms with Gasteiger partial charge >= 0.3 is 0 Å². The monoisotopic (exact) mass is 242 g/mol. The Bertz CT molecular complexity index is 583. The minimum absolute atomic E-state index is 0.450. The van der Waals surface area contributed by atoms with Gasteiger partial charge in [-0.15, -0.1) is 0 Å². The second-order valence-electron chi connectivity index (χ2n) is 4.47. The molecule has 0 aliphatic rings. The van der Waals surface area contributed by atoms with Crippen molar-refractivity contribution in [3.63, 3.8) is 0 Å². The van der Waals surface area contributed by atoms with E-state index in [-0.39, 0.29) is 0 Å². The zero-order valence-electron chi connectivity index (χ0n) is 11.0. The summed E-state index contributed by atoms with van der Waals surface area (Å²) in [6.45, 7) is 3.69. The highest BCUT2D eigenvalue weighted by Gasteiger charge is 2.07. The molecule has 0 heterocycles. The second-order valence-corrected chi connectivity index (χ2v) is 4.47. The lowest BCUT2D eigenvalue weighted by molar-refractivity contribution is 0.232. The molecule has 0 saturated heterocycles. The molecule has 94 valence electrons.